The van der Waals surface area contributed by atoms with Crippen molar-refractivity contribution in [1.29, 1.82) is 0 Å². The quantitative estimate of drug-likeness (QED) is 0.568. The predicted octanol–water partition coefficient (Wildman–Crippen LogP) is 1.85. The minimum atomic E-state index is -0.821. The van der Waals surface area contributed by atoms with Crippen LogP contribution in [0.2, 0.25) is 0 Å². The van der Waals surface area contributed by atoms with Crippen molar-refractivity contribution in [3.8, 4) is 0 Å². The van der Waals surface area contributed by atoms with Crippen LogP contribution in [-0.2, 0) is 14.2 Å². The first kappa shape index (κ1) is 17.9. The normalized spacial score (nSPS) is 30.0. The van der Waals surface area contributed by atoms with Crippen LogP contribution in [0, 0.1) is 0 Å². The molecule has 4 atom stereocenters. The molecule has 0 radical (unpaired) electrons. The molecule has 1 aliphatic rings. The lowest BCUT2D eigenvalue weighted by molar-refractivity contribution is -0.180. The molecule has 1 aliphatic heterocycles. The predicted molar refractivity (Wildman–Crippen MR) is 76.5 cm³/mol. The number of hydrogen-bond donors (Lipinski definition) is 2. The van der Waals surface area contributed by atoms with Gasteiger partial charge >= 0.3 is 0 Å². The molecule has 0 aliphatic carbocycles. The maximum atomic E-state index is 10.1. The van der Waals surface area contributed by atoms with Crippen LogP contribution >= 0.6 is 0 Å². The second-order valence-electron chi connectivity index (χ2n) is 5.34. The SMILES string of the molecule is CCCCCOC1O[C@H](CO)[C@@H](O)[C@H]1OCCCCC. The van der Waals surface area contributed by atoms with Crippen molar-refractivity contribution in [1.82, 2.24) is 0 Å². The van der Waals surface area contributed by atoms with Crippen molar-refractivity contribution in [2.75, 3.05) is 19.8 Å². The zero-order valence-electron chi connectivity index (χ0n) is 12.8. The lowest BCUT2D eigenvalue weighted by Crippen LogP contribution is -2.37. The molecule has 1 unspecified atom stereocenters. The number of unbranched alkanes of at least 4 members (excludes halogenated alkanes) is 4. The van der Waals surface area contributed by atoms with E-state index in [-0.39, 0.29) is 6.61 Å². The smallest absolute Gasteiger partial charge is 0.186 e. The molecule has 0 aromatic heterocycles. The molecule has 1 heterocycles. The molecule has 0 spiro atoms. The van der Waals surface area contributed by atoms with E-state index in [4.69, 9.17) is 14.2 Å². The summed E-state index contributed by atoms with van der Waals surface area (Å²) in [6.07, 6.45) is 3.92. The number of hydrogen-bond acceptors (Lipinski definition) is 5. The standard InChI is InChI=1S/C15H30O5/c1-3-5-7-9-18-14-13(17)12(11-16)20-15(14)19-10-8-6-4-2/h12-17H,3-11H2,1-2H3/t12-,13-,14-,15?/m1/s1. The number of rotatable bonds is 11. The highest BCUT2D eigenvalue weighted by Gasteiger charge is 2.44. The molecule has 5 nitrogen and oxygen atoms in total. The van der Waals surface area contributed by atoms with Crippen molar-refractivity contribution >= 4 is 0 Å². The molecule has 0 bridgehead atoms. The maximum absolute atomic E-state index is 10.1. The average Bonchev–Trinajstić information content (AvgIpc) is 2.76. The fraction of sp³-hybridized carbons (Fsp3) is 1.00. The molecule has 120 valence electrons. The summed E-state index contributed by atoms with van der Waals surface area (Å²) in [5.74, 6) is 0. The minimum Gasteiger partial charge on any atom is -0.394 e. The molecule has 1 rings (SSSR count). The molecule has 20 heavy (non-hydrogen) atoms. The summed E-state index contributed by atoms with van der Waals surface area (Å²) in [4.78, 5) is 0. The van der Waals surface area contributed by atoms with Gasteiger partial charge in [0, 0.05) is 13.2 Å². The van der Waals surface area contributed by atoms with E-state index in [0.29, 0.717) is 13.2 Å². The van der Waals surface area contributed by atoms with Gasteiger partial charge in [-0.15, -0.1) is 0 Å². The molecule has 0 aromatic rings. The van der Waals surface area contributed by atoms with Crippen molar-refractivity contribution in [2.24, 2.45) is 0 Å². The van der Waals surface area contributed by atoms with Crippen LogP contribution in [-0.4, -0.2) is 54.6 Å². The first-order valence-electron chi connectivity index (χ1n) is 7.92. The molecule has 5 heteroatoms. The zero-order chi connectivity index (χ0) is 14.8. The second-order valence-corrected chi connectivity index (χ2v) is 5.34. The van der Waals surface area contributed by atoms with Crippen LogP contribution in [0.4, 0.5) is 0 Å². The lowest BCUT2D eigenvalue weighted by atomic mass is 10.1. The highest BCUT2D eigenvalue weighted by atomic mass is 16.7. The highest BCUT2D eigenvalue weighted by molar-refractivity contribution is 4.87. The van der Waals surface area contributed by atoms with Gasteiger partial charge < -0.3 is 24.4 Å². The van der Waals surface area contributed by atoms with Crippen molar-refractivity contribution in [3.63, 3.8) is 0 Å². The fourth-order valence-electron chi connectivity index (χ4n) is 2.29. The Balaban J connectivity index is 2.37. The molecule has 0 aromatic carbocycles. The van der Waals surface area contributed by atoms with Gasteiger partial charge in [-0.1, -0.05) is 39.5 Å². The van der Waals surface area contributed by atoms with Gasteiger partial charge in [0.1, 0.15) is 18.3 Å². The Morgan fingerprint density at radius 3 is 2.10 bits per heavy atom. The van der Waals surface area contributed by atoms with E-state index in [0.717, 1.165) is 38.5 Å². The van der Waals surface area contributed by atoms with Crippen LogP contribution in [0.5, 0.6) is 0 Å². The number of aliphatic hydroxyl groups excluding tert-OH is 2. The summed E-state index contributed by atoms with van der Waals surface area (Å²) in [5.41, 5.74) is 0. The van der Waals surface area contributed by atoms with E-state index in [1.54, 1.807) is 0 Å². The van der Waals surface area contributed by atoms with Gasteiger partial charge in [0.25, 0.3) is 0 Å². The molecular weight excluding hydrogens is 260 g/mol. The van der Waals surface area contributed by atoms with Crippen LogP contribution in [0.25, 0.3) is 0 Å². The van der Waals surface area contributed by atoms with Crippen LogP contribution in [0.1, 0.15) is 52.4 Å². The third-order valence-corrected chi connectivity index (χ3v) is 3.56. The molecule has 1 saturated heterocycles. The highest BCUT2D eigenvalue weighted by Crippen LogP contribution is 2.25. The zero-order valence-corrected chi connectivity index (χ0v) is 12.8. The first-order valence-corrected chi connectivity index (χ1v) is 7.92. The van der Waals surface area contributed by atoms with Gasteiger partial charge in [0.05, 0.1) is 6.61 Å². The average molecular weight is 290 g/mol. The summed E-state index contributed by atoms with van der Waals surface area (Å²) in [5, 5.41) is 19.3. The number of ether oxygens (including phenoxy) is 3. The Bertz CT molecular complexity index is 236. The monoisotopic (exact) mass is 290 g/mol. The molecule has 0 saturated carbocycles. The van der Waals surface area contributed by atoms with E-state index in [1.807, 2.05) is 0 Å². The van der Waals surface area contributed by atoms with E-state index in [9.17, 15) is 10.2 Å². The summed E-state index contributed by atoms with van der Waals surface area (Å²) in [7, 11) is 0. The Hall–Kier alpha value is -0.200. The van der Waals surface area contributed by atoms with Gasteiger partial charge in [0.15, 0.2) is 6.29 Å². The van der Waals surface area contributed by atoms with Crippen molar-refractivity contribution < 1.29 is 24.4 Å². The lowest BCUT2D eigenvalue weighted by Gasteiger charge is -2.21. The third kappa shape index (κ3) is 5.66. The largest absolute Gasteiger partial charge is 0.394 e. The Kier molecular flexibility index (Phi) is 9.39. The van der Waals surface area contributed by atoms with Crippen molar-refractivity contribution in [3.05, 3.63) is 0 Å². The summed E-state index contributed by atoms with van der Waals surface area (Å²) in [6, 6.07) is 0. The fourth-order valence-corrected chi connectivity index (χ4v) is 2.29. The third-order valence-electron chi connectivity index (χ3n) is 3.56. The van der Waals surface area contributed by atoms with Gasteiger partial charge in [-0.2, -0.15) is 0 Å². The van der Waals surface area contributed by atoms with E-state index >= 15 is 0 Å². The van der Waals surface area contributed by atoms with Crippen LogP contribution in [0.15, 0.2) is 0 Å². The molecule has 0 amide bonds. The first-order chi connectivity index (χ1) is 9.74. The van der Waals surface area contributed by atoms with E-state index in [1.165, 1.54) is 0 Å². The molecule has 2 N–H and O–H groups in total. The van der Waals surface area contributed by atoms with E-state index < -0.39 is 24.6 Å². The second kappa shape index (κ2) is 10.5. The van der Waals surface area contributed by atoms with E-state index in [2.05, 4.69) is 13.8 Å². The summed E-state index contributed by atoms with van der Waals surface area (Å²) < 4.78 is 16.9. The summed E-state index contributed by atoms with van der Waals surface area (Å²) in [6.45, 7) is 5.24. The Morgan fingerprint density at radius 1 is 0.950 bits per heavy atom. The van der Waals surface area contributed by atoms with Crippen molar-refractivity contribution in [2.45, 2.75) is 77.0 Å². The minimum absolute atomic E-state index is 0.217. The van der Waals surface area contributed by atoms with Gasteiger partial charge in [0.2, 0.25) is 0 Å². The molecular formula is C15H30O5. The van der Waals surface area contributed by atoms with Crippen LogP contribution < -0.4 is 0 Å². The topological polar surface area (TPSA) is 68.2 Å². The summed E-state index contributed by atoms with van der Waals surface area (Å²) >= 11 is 0. The van der Waals surface area contributed by atoms with Gasteiger partial charge in [-0.3, -0.25) is 0 Å². The van der Waals surface area contributed by atoms with Gasteiger partial charge in [-0.05, 0) is 12.8 Å². The van der Waals surface area contributed by atoms with Crippen LogP contribution in [0.3, 0.4) is 0 Å². The van der Waals surface area contributed by atoms with Gasteiger partial charge in [-0.25, -0.2) is 0 Å². The Labute approximate surface area is 122 Å². The number of aliphatic hydroxyl groups is 2. The molecule has 1 fully saturated rings. The maximum Gasteiger partial charge on any atom is 0.186 e. The Morgan fingerprint density at radius 2 is 1.55 bits per heavy atom.